The van der Waals surface area contributed by atoms with Gasteiger partial charge in [-0.25, -0.2) is 4.39 Å². The highest BCUT2D eigenvalue weighted by Gasteiger charge is 2.31. The van der Waals surface area contributed by atoms with E-state index in [0.29, 0.717) is 11.6 Å². The molecule has 1 aromatic rings. The molecule has 0 spiro atoms. The van der Waals surface area contributed by atoms with Crippen LogP contribution in [0.5, 0.6) is 0 Å². The lowest BCUT2D eigenvalue weighted by Crippen LogP contribution is -2.51. The van der Waals surface area contributed by atoms with Crippen molar-refractivity contribution < 1.29 is 9.18 Å². The van der Waals surface area contributed by atoms with Gasteiger partial charge in [-0.15, -0.1) is 12.4 Å². The molecule has 0 aromatic heterocycles. The van der Waals surface area contributed by atoms with Gasteiger partial charge < -0.3 is 10.6 Å². The van der Waals surface area contributed by atoms with Crippen LogP contribution in [0.2, 0.25) is 5.02 Å². The summed E-state index contributed by atoms with van der Waals surface area (Å²) in [5, 5.41) is 0.360. The molecule has 1 aromatic carbocycles. The number of nitrogens with two attached hydrogens (primary N) is 1. The van der Waals surface area contributed by atoms with Crippen LogP contribution in [0.15, 0.2) is 18.2 Å². The van der Waals surface area contributed by atoms with Gasteiger partial charge >= 0.3 is 0 Å². The van der Waals surface area contributed by atoms with E-state index in [9.17, 15) is 9.18 Å². The number of carbonyl (C=O) groups is 1. The van der Waals surface area contributed by atoms with E-state index in [4.69, 9.17) is 17.3 Å². The first-order valence-corrected chi connectivity index (χ1v) is 6.90. The van der Waals surface area contributed by atoms with Crippen molar-refractivity contribution in [1.29, 1.82) is 0 Å². The maximum Gasteiger partial charge on any atom is 0.257 e. The summed E-state index contributed by atoms with van der Waals surface area (Å²) in [5.41, 5.74) is 5.96. The van der Waals surface area contributed by atoms with Crippen LogP contribution >= 0.6 is 24.0 Å². The van der Waals surface area contributed by atoms with E-state index in [1.807, 2.05) is 6.92 Å². The Hall–Kier alpha value is -0.840. The number of amides is 1. The van der Waals surface area contributed by atoms with Crippen molar-refractivity contribution >= 4 is 29.9 Å². The van der Waals surface area contributed by atoms with Crippen LogP contribution in [0.1, 0.15) is 36.5 Å². The summed E-state index contributed by atoms with van der Waals surface area (Å²) in [6.45, 7) is 2.50. The second-order valence-corrected chi connectivity index (χ2v) is 5.48. The van der Waals surface area contributed by atoms with Crippen LogP contribution in [0.25, 0.3) is 0 Å². The van der Waals surface area contributed by atoms with Crippen LogP contribution in [0, 0.1) is 5.82 Å². The molecule has 1 aliphatic rings. The zero-order valence-corrected chi connectivity index (χ0v) is 12.9. The fourth-order valence-corrected chi connectivity index (χ4v) is 2.74. The summed E-state index contributed by atoms with van der Waals surface area (Å²) in [6.07, 6.45) is 2.84. The predicted octanol–water partition coefficient (Wildman–Crippen LogP) is 3.24. The zero-order valence-electron chi connectivity index (χ0n) is 11.3. The molecule has 2 N–H and O–H groups in total. The fraction of sp³-hybridized carbons (Fsp3) is 0.500. The molecule has 112 valence electrons. The van der Waals surface area contributed by atoms with E-state index in [0.717, 1.165) is 19.3 Å². The highest BCUT2D eigenvalue weighted by molar-refractivity contribution is 6.31. The summed E-state index contributed by atoms with van der Waals surface area (Å²) < 4.78 is 13.8. The lowest BCUT2D eigenvalue weighted by Gasteiger charge is -2.38. The minimum absolute atomic E-state index is 0. The highest BCUT2D eigenvalue weighted by atomic mass is 35.5. The molecule has 2 atom stereocenters. The third-order valence-electron chi connectivity index (χ3n) is 3.58. The second kappa shape index (κ2) is 7.25. The molecule has 0 aliphatic carbocycles. The minimum Gasteiger partial charge on any atom is -0.334 e. The van der Waals surface area contributed by atoms with Gasteiger partial charge in [-0.3, -0.25) is 4.79 Å². The summed E-state index contributed by atoms with van der Waals surface area (Å²) in [7, 11) is 0. The number of carbonyl (C=O) groups excluding carboxylic acids is 1. The van der Waals surface area contributed by atoms with Gasteiger partial charge in [-0.05, 0) is 44.4 Å². The van der Waals surface area contributed by atoms with E-state index in [2.05, 4.69) is 0 Å². The molecule has 1 heterocycles. The summed E-state index contributed by atoms with van der Waals surface area (Å²) in [5.74, 6) is -0.856. The fourth-order valence-electron chi connectivity index (χ4n) is 2.57. The van der Waals surface area contributed by atoms with Crippen molar-refractivity contribution in [3.05, 3.63) is 34.6 Å². The number of nitrogens with zero attached hydrogens (tertiary/aromatic N) is 1. The van der Waals surface area contributed by atoms with Crippen LogP contribution in [-0.2, 0) is 0 Å². The molecule has 20 heavy (non-hydrogen) atoms. The van der Waals surface area contributed by atoms with Crippen molar-refractivity contribution in [2.75, 3.05) is 6.54 Å². The number of piperidine rings is 1. The van der Waals surface area contributed by atoms with E-state index in [-0.39, 0.29) is 36.0 Å². The molecular weight excluding hydrogens is 302 g/mol. The molecule has 0 bridgehead atoms. The summed E-state index contributed by atoms with van der Waals surface area (Å²) >= 11 is 5.84. The zero-order chi connectivity index (χ0) is 14.0. The average molecular weight is 321 g/mol. The quantitative estimate of drug-likeness (QED) is 0.909. The van der Waals surface area contributed by atoms with Gasteiger partial charge in [0, 0.05) is 23.7 Å². The molecule has 3 nitrogen and oxygen atoms in total. The lowest BCUT2D eigenvalue weighted by molar-refractivity contribution is 0.0579. The molecule has 1 saturated heterocycles. The van der Waals surface area contributed by atoms with E-state index >= 15 is 0 Å². The van der Waals surface area contributed by atoms with Crippen LogP contribution in [0.4, 0.5) is 4.39 Å². The van der Waals surface area contributed by atoms with Gasteiger partial charge in [0.15, 0.2) is 0 Å². The molecular formula is C14H19Cl2FN2O. The van der Waals surface area contributed by atoms with E-state index in [1.54, 1.807) is 4.90 Å². The number of hydrogen-bond donors (Lipinski definition) is 1. The number of benzene rings is 1. The topological polar surface area (TPSA) is 46.3 Å². The molecule has 1 amide bonds. The maximum atomic E-state index is 13.8. The van der Waals surface area contributed by atoms with Crippen molar-refractivity contribution in [3.63, 3.8) is 0 Å². The van der Waals surface area contributed by atoms with Crippen LogP contribution in [-0.4, -0.2) is 29.4 Å². The minimum atomic E-state index is -0.539. The van der Waals surface area contributed by atoms with Crippen molar-refractivity contribution in [2.24, 2.45) is 5.73 Å². The largest absolute Gasteiger partial charge is 0.334 e. The van der Waals surface area contributed by atoms with Gasteiger partial charge in [-0.1, -0.05) is 11.6 Å². The van der Waals surface area contributed by atoms with E-state index in [1.165, 1.54) is 18.2 Å². The third kappa shape index (κ3) is 3.62. The Kier molecular flexibility index (Phi) is 6.24. The Balaban J connectivity index is 0.00000200. The third-order valence-corrected chi connectivity index (χ3v) is 3.81. The standard InChI is InChI=1S/C14H18ClFN2O.ClH/c1-9(17)13-4-2-3-7-18(13)14(19)11-8-10(15)5-6-12(11)16;/h5-6,8-9,13H,2-4,7,17H2,1H3;1H. The van der Waals surface area contributed by atoms with Gasteiger partial charge in [0.05, 0.1) is 5.56 Å². The SMILES string of the molecule is CC(N)C1CCCCN1C(=O)c1cc(Cl)ccc1F.Cl. The lowest BCUT2D eigenvalue weighted by atomic mass is 9.96. The molecule has 0 saturated carbocycles. The van der Waals surface area contributed by atoms with Gasteiger partial charge in [-0.2, -0.15) is 0 Å². The van der Waals surface area contributed by atoms with E-state index < -0.39 is 5.82 Å². The first-order chi connectivity index (χ1) is 9.00. The first-order valence-electron chi connectivity index (χ1n) is 6.52. The Morgan fingerprint density at radius 2 is 2.20 bits per heavy atom. The van der Waals surface area contributed by atoms with Crippen LogP contribution in [0.3, 0.4) is 0 Å². The Morgan fingerprint density at radius 1 is 1.50 bits per heavy atom. The second-order valence-electron chi connectivity index (χ2n) is 5.04. The summed E-state index contributed by atoms with van der Waals surface area (Å²) in [4.78, 5) is 14.1. The van der Waals surface area contributed by atoms with Crippen molar-refractivity contribution in [3.8, 4) is 0 Å². The molecule has 6 heteroatoms. The summed E-state index contributed by atoms with van der Waals surface area (Å²) in [6, 6.07) is 3.89. The maximum absolute atomic E-state index is 13.8. The monoisotopic (exact) mass is 320 g/mol. The molecule has 1 aliphatic heterocycles. The molecule has 2 unspecified atom stereocenters. The van der Waals surface area contributed by atoms with Crippen molar-refractivity contribution in [1.82, 2.24) is 4.90 Å². The van der Waals surface area contributed by atoms with Crippen molar-refractivity contribution in [2.45, 2.75) is 38.3 Å². The average Bonchev–Trinajstić information content (AvgIpc) is 2.40. The number of hydrogen-bond acceptors (Lipinski definition) is 2. The number of likely N-dealkylation sites (tertiary alicyclic amines) is 1. The smallest absolute Gasteiger partial charge is 0.257 e. The predicted molar refractivity (Wildman–Crippen MR) is 81.0 cm³/mol. The molecule has 1 fully saturated rings. The molecule has 2 rings (SSSR count). The first kappa shape index (κ1) is 17.2. The Labute approximate surface area is 129 Å². The molecule has 0 radical (unpaired) electrons. The normalized spacial score (nSPS) is 20.2. The van der Waals surface area contributed by atoms with Crippen LogP contribution < -0.4 is 5.73 Å². The highest BCUT2D eigenvalue weighted by Crippen LogP contribution is 2.23. The Bertz CT molecular complexity index is 482. The van der Waals surface area contributed by atoms with Gasteiger partial charge in [0.25, 0.3) is 5.91 Å². The Morgan fingerprint density at radius 3 is 2.85 bits per heavy atom. The van der Waals surface area contributed by atoms with Gasteiger partial charge in [0.1, 0.15) is 5.82 Å². The van der Waals surface area contributed by atoms with Gasteiger partial charge in [0.2, 0.25) is 0 Å². The number of rotatable bonds is 2. The number of halogens is 3.